The highest BCUT2D eigenvalue weighted by molar-refractivity contribution is 7.92. The van der Waals surface area contributed by atoms with E-state index in [-0.39, 0.29) is 25.1 Å². The second-order valence-corrected chi connectivity index (χ2v) is 10.3. The van der Waals surface area contributed by atoms with Crippen LogP contribution in [0.5, 0.6) is 5.88 Å². The number of rotatable bonds is 6. The Hall–Kier alpha value is -2.31. The van der Waals surface area contributed by atoms with Gasteiger partial charge >= 0.3 is 0 Å². The molecule has 0 atom stereocenters. The summed E-state index contributed by atoms with van der Waals surface area (Å²) in [6.45, 7) is 0.248. The van der Waals surface area contributed by atoms with Crippen LogP contribution in [0.1, 0.15) is 12.8 Å². The van der Waals surface area contributed by atoms with Gasteiger partial charge in [-0.2, -0.15) is 4.31 Å². The number of aromatic nitrogens is 1. The predicted octanol–water partition coefficient (Wildman–Crippen LogP) is 1.96. The first kappa shape index (κ1) is 21.4. The van der Waals surface area contributed by atoms with E-state index in [0.29, 0.717) is 24.6 Å². The lowest BCUT2D eigenvalue weighted by Crippen LogP contribution is -2.41. The summed E-state index contributed by atoms with van der Waals surface area (Å²) >= 11 is 0. The van der Waals surface area contributed by atoms with E-state index in [0.717, 1.165) is 22.7 Å². The minimum absolute atomic E-state index is 0.124. The molecule has 29 heavy (non-hydrogen) atoms. The number of nitrogens with zero attached hydrogens (tertiary/aromatic N) is 2. The van der Waals surface area contributed by atoms with Crippen LogP contribution in [0.2, 0.25) is 0 Å². The summed E-state index contributed by atoms with van der Waals surface area (Å²) < 4.78 is 83.4. The predicted molar refractivity (Wildman–Crippen MR) is 101 cm³/mol. The van der Waals surface area contributed by atoms with Crippen LogP contribution in [0.25, 0.3) is 0 Å². The van der Waals surface area contributed by atoms with E-state index in [2.05, 4.69) is 9.71 Å². The second-order valence-electron chi connectivity index (χ2n) is 6.59. The third kappa shape index (κ3) is 5.61. The highest BCUT2D eigenvalue weighted by Crippen LogP contribution is 2.24. The van der Waals surface area contributed by atoms with E-state index in [1.807, 2.05) is 0 Å². The van der Waals surface area contributed by atoms with Gasteiger partial charge in [-0.1, -0.05) is 0 Å². The van der Waals surface area contributed by atoms with Crippen LogP contribution in [-0.4, -0.2) is 51.6 Å². The maximum atomic E-state index is 13.4. The molecule has 12 heteroatoms. The summed E-state index contributed by atoms with van der Waals surface area (Å²) in [6, 6.07) is 5.20. The van der Waals surface area contributed by atoms with E-state index < -0.39 is 36.6 Å². The summed E-state index contributed by atoms with van der Waals surface area (Å²) in [6.07, 6.45) is 2.77. The standard InChI is InChI=1S/C17H19F2N3O5S2/c1-28(23,24)21-14-2-3-17(20-11-14)27-15-4-6-22(7-5-15)29(25,26)16-9-12(18)8-13(19)10-16/h2-3,8-11,15,21H,4-7H2,1H3. The minimum Gasteiger partial charge on any atom is -0.474 e. The molecule has 0 bridgehead atoms. The van der Waals surface area contributed by atoms with E-state index in [9.17, 15) is 25.6 Å². The second kappa shape index (κ2) is 8.20. The SMILES string of the molecule is CS(=O)(=O)Nc1ccc(OC2CCN(S(=O)(=O)c3cc(F)cc(F)c3)CC2)nc1. The lowest BCUT2D eigenvalue weighted by molar-refractivity contribution is 0.130. The molecule has 8 nitrogen and oxygen atoms in total. The van der Waals surface area contributed by atoms with Crippen LogP contribution in [0.3, 0.4) is 0 Å². The highest BCUT2D eigenvalue weighted by Gasteiger charge is 2.31. The summed E-state index contributed by atoms with van der Waals surface area (Å²) in [7, 11) is -7.42. The van der Waals surface area contributed by atoms with E-state index in [1.165, 1.54) is 18.3 Å². The first-order valence-corrected chi connectivity index (χ1v) is 11.9. The molecule has 1 fully saturated rings. The largest absolute Gasteiger partial charge is 0.474 e. The molecule has 3 rings (SSSR count). The fourth-order valence-corrected chi connectivity index (χ4v) is 4.97. The zero-order valence-corrected chi connectivity index (χ0v) is 17.0. The van der Waals surface area contributed by atoms with Crippen molar-refractivity contribution in [2.24, 2.45) is 0 Å². The monoisotopic (exact) mass is 447 g/mol. The third-order valence-corrected chi connectivity index (χ3v) is 6.68. The van der Waals surface area contributed by atoms with Gasteiger partial charge in [0, 0.05) is 25.2 Å². The van der Waals surface area contributed by atoms with Gasteiger partial charge in [-0.25, -0.2) is 30.6 Å². The van der Waals surface area contributed by atoms with Gasteiger partial charge in [0.2, 0.25) is 25.9 Å². The average Bonchev–Trinajstić information content (AvgIpc) is 2.62. The Morgan fingerprint density at radius 3 is 2.21 bits per heavy atom. The molecule has 0 radical (unpaired) electrons. The zero-order valence-electron chi connectivity index (χ0n) is 15.4. The zero-order chi connectivity index (χ0) is 21.2. The molecule has 0 saturated carbocycles. The van der Waals surface area contributed by atoms with Crippen molar-refractivity contribution in [2.75, 3.05) is 24.1 Å². The first-order valence-electron chi connectivity index (χ1n) is 8.60. The van der Waals surface area contributed by atoms with Crippen molar-refractivity contribution in [3.05, 3.63) is 48.2 Å². The highest BCUT2D eigenvalue weighted by atomic mass is 32.2. The fourth-order valence-electron chi connectivity index (χ4n) is 2.91. The lowest BCUT2D eigenvalue weighted by Gasteiger charge is -2.31. The van der Waals surface area contributed by atoms with Crippen LogP contribution < -0.4 is 9.46 Å². The summed E-state index contributed by atoms with van der Waals surface area (Å²) in [5.41, 5.74) is 0.295. The van der Waals surface area contributed by atoms with Gasteiger partial charge < -0.3 is 4.74 Å². The number of nitrogens with one attached hydrogen (secondary N) is 1. The van der Waals surface area contributed by atoms with Gasteiger partial charge in [0.25, 0.3) is 0 Å². The maximum absolute atomic E-state index is 13.4. The van der Waals surface area contributed by atoms with Crippen LogP contribution in [0.15, 0.2) is 41.4 Å². The van der Waals surface area contributed by atoms with Crippen molar-refractivity contribution in [1.82, 2.24) is 9.29 Å². The number of hydrogen-bond acceptors (Lipinski definition) is 6. The first-order chi connectivity index (χ1) is 13.5. The number of ether oxygens (including phenoxy) is 1. The van der Waals surface area contributed by atoms with Crippen LogP contribution in [0, 0.1) is 11.6 Å². The Balaban J connectivity index is 1.60. The fraction of sp³-hybridized carbons (Fsp3) is 0.353. The van der Waals surface area contributed by atoms with Gasteiger partial charge in [0.05, 0.1) is 23.0 Å². The summed E-state index contributed by atoms with van der Waals surface area (Å²) in [5, 5.41) is 0. The molecule has 1 saturated heterocycles. The number of pyridine rings is 1. The molecule has 1 aromatic heterocycles. The molecular formula is C17H19F2N3O5S2. The molecular weight excluding hydrogens is 428 g/mol. The van der Waals surface area contributed by atoms with E-state index in [4.69, 9.17) is 4.74 Å². The molecule has 0 amide bonds. The Kier molecular flexibility index (Phi) is 6.05. The number of benzene rings is 1. The van der Waals surface area contributed by atoms with Crippen molar-refractivity contribution in [3.8, 4) is 5.88 Å². The average molecular weight is 447 g/mol. The third-order valence-electron chi connectivity index (χ3n) is 4.20. The van der Waals surface area contributed by atoms with E-state index in [1.54, 1.807) is 0 Å². The number of piperidine rings is 1. The van der Waals surface area contributed by atoms with Crippen molar-refractivity contribution >= 4 is 25.7 Å². The van der Waals surface area contributed by atoms with Crippen LogP contribution in [0.4, 0.5) is 14.5 Å². The Morgan fingerprint density at radius 2 is 1.69 bits per heavy atom. The molecule has 1 aliphatic rings. The number of anilines is 1. The van der Waals surface area contributed by atoms with Gasteiger partial charge in [-0.05, 0) is 31.0 Å². The molecule has 2 heterocycles. The summed E-state index contributed by atoms with van der Waals surface area (Å²) in [5.74, 6) is -1.64. The molecule has 1 N–H and O–H groups in total. The minimum atomic E-state index is -4.01. The number of hydrogen-bond donors (Lipinski definition) is 1. The maximum Gasteiger partial charge on any atom is 0.243 e. The molecule has 0 unspecified atom stereocenters. The van der Waals surface area contributed by atoms with Gasteiger partial charge in [-0.15, -0.1) is 0 Å². The van der Waals surface area contributed by atoms with E-state index >= 15 is 0 Å². The van der Waals surface area contributed by atoms with Crippen molar-refractivity contribution < 1.29 is 30.4 Å². The molecule has 0 aliphatic carbocycles. The van der Waals surface area contributed by atoms with Crippen molar-refractivity contribution in [1.29, 1.82) is 0 Å². The number of halogens is 2. The number of sulfonamides is 2. The van der Waals surface area contributed by atoms with Gasteiger partial charge in [0.15, 0.2) is 0 Å². The molecule has 0 spiro atoms. The lowest BCUT2D eigenvalue weighted by atomic mass is 10.1. The Morgan fingerprint density at radius 1 is 1.07 bits per heavy atom. The van der Waals surface area contributed by atoms with Crippen LogP contribution >= 0.6 is 0 Å². The van der Waals surface area contributed by atoms with Gasteiger partial charge in [0.1, 0.15) is 17.7 Å². The molecule has 1 aliphatic heterocycles. The normalized spacial score (nSPS) is 16.5. The van der Waals surface area contributed by atoms with Crippen molar-refractivity contribution in [3.63, 3.8) is 0 Å². The topological polar surface area (TPSA) is 106 Å². The van der Waals surface area contributed by atoms with Crippen LogP contribution in [-0.2, 0) is 20.0 Å². The molecule has 2 aromatic rings. The molecule has 158 valence electrons. The Bertz CT molecular complexity index is 1060. The molecule has 1 aromatic carbocycles. The van der Waals surface area contributed by atoms with Crippen molar-refractivity contribution in [2.45, 2.75) is 23.8 Å². The smallest absolute Gasteiger partial charge is 0.243 e. The quantitative estimate of drug-likeness (QED) is 0.726. The van der Waals surface area contributed by atoms with Gasteiger partial charge in [-0.3, -0.25) is 4.72 Å². The Labute approximate surface area is 167 Å². The summed E-state index contributed by atoms with van der Waals surface area (Å²) in [4.78, 5) is 3.60.